The second kappa shape index (κ2) is 10.1. The van der Waals surface area contributed by atoms with E-state index in [1.165, 1.54) is 0 Å². The zero-order chi connectivity index (χ0) is 22.2. The highest BCUT2D eigenvalue weighted by atomic mass is 16.4. The van der Waals surface area contributed by atoms with E-state index in [0.29, 0.717) is 24.8 Å². The Morgan fingerprint density at radius 1 is 1.20 bits per heavy atom. The van der Waals surface area contributed by atoms with Gasteiger partial charge in [-0.3, -0.25) is 9.59 Å². The summed E-state index contributed by atoms with van der Waals surface area (Å²) in [5.41, 5.74) is 3.55. The number of aliphatic hydroxyl groups excluding tert-OH is 1. The molecule has 0 saturated heterocycles. The summed E-state index contributed by atoms with van der Waals surface area (Å²) in [6.45, 7) is 0.127. The molecular weight excluding hydrogens is 392 g/mol. The summed E-state index contributed by atoms with van der Waals surface area (Å²) in [6.07, 6.45) is 2.18. The van der Waals surface area contributed by atoms with E-state index in [-0.39, 0.29) is 39.0 Å². The smallest absolute Gasteiger partial charge is 0.319 e. The van der Waals surface area contributed by atoms with E-state index in [1.54, 1.807) is 24.3 Å². The van der Waals surface area contributed by atoms with E-state index in [4.69, 9.17) is 10.8 Å². The van der Waals surface area contributed by atoms with Crippen LogP contribution in [-0.2, 0) is 21.0 Å². The Bertz CT molecular complexity index is 778. The van der Waals surface area contributed by atoms with Gasteiger partial charge in [0.05, 0.1) is 6.61 Å². The third-order valence-electron chi connectivity index (χ3n) is 5.48. The van der Waals surface area contributed by atoms with Gasteiger partial charge in [-0.05, 0) is 43.4 Å². The number of urea groups is 1. The van der Waals surface area contributed by atoms with Crippen LogP contribution in [0.15, 0.2) is 24.3 Å². The normalized spacial score (nSPS) is 16.4. The van der Waals surface area contributed by atoms with Crippen molar-refractivity contribution in [3.63, 3.8) is 0 Å². The molecule has 10 heteroatoms. The number of anilines is 1. The number of carbonyl (C=O) groups excluding carboxylic acids is 3. The molecule has 1 aliphatic carbocycles. The predicted octanol–water partition coefficient (Wildman–Crippen LogP) is 0.348. The number of carboxylic acids is 1. The van der Waals surface area contributed by atoms with Crippen LogP contribution >= 0.6 is 0 Å². The van der Waals surface area contributed by atoms with E-state index in [1.807, 2.05) is 0 Å². The average molecular weight is 420 g/mol. The second-order valence-electron chi connectivity index (χ2n) is 7.57. The van der Waals surface area contributed by atoms with Crippen LogP contribution in [0.1, 0.15) is 37.7 Å². The average Bonchev–Trinajstić information content (AvgIpc) is 2.68. The molecule has 2 rings (SSSR count). The quantitative estimate of drug-likeness (QED) is 0.161. The number of nitrogens with one attached hydrogen (secondary N) is 3. The zero-order valence-electron chi connectivity index (χ0n) is 16.6. The molecule has 0 spiro atoms. The largest absolute Gasteiger partial charge is 0.480 e. The number of carbonyl (C=O) groups is 4. The summed E-state index contributed by atoms with van der Waals surface area (Å²) < 4.78 is 0. The summed E-state index contributed by atoms with van der Waals surface area (Å²) in [5.74, 6) is -1.89. The fourth-order valence-electron chi connectivity index (χ4n) is 3.34. The molecule has 7 N–H and O–H groups in total. The Kier molecular flexibility index (Phi) is 7.76. The number of aldehydes is 1. The number of benzene rings is 1. The molecule has 0 radical (unpaired) electrons. The lowest BCUT2D eigenvalue weighted by atomic mass is 9.67. The third-order valence-corrected chi connectivity index (χ3v) is 5.48. The first-order valence-electron chi connectivity index (χ1n) is 9.76. The minimum atomic E-state index is -1.51. The molecular formula is C20H28N4O6. The van der Waals surface area contributed by atoms with E-state index in [2.05, 4.69) is 16.0 Å². The molecule has 0 aromatic heterocycles. The van der Waals surface area contributed by atoms with Crippen molar-refractivity contribution in [1.82, 2.24) is 10.6 Å². The molecule has 0 aliphatic heterocycles. The van der Waals surface area contributed by atoms with Gasteiger partial charge in [-0.2, -0.15) is 0 Å². The zero-order valence-corrected chi connectivity index (χ0v) is 16.6. The minimum Gasteiger partial charge on any atom is -0.480 e. The molecule has 30 heavy (non-hydrogen) atoms. The molecule has 164 valence electrons. The molecule has 1 saturated carbocycles. The molecule has 1 aromatic rings. The number of primary amides is 1. The predicted molar refractivity (Wildman–Crippen MR) is 109 cm³/mol. The highest BCUT2D eigenvalue weighted by molar-refractivity contribution is 6.04. The fourth-order valence-corrected chi connectivity index (χ4v) is 3.34. The Labute approximate surface area is 174 Å². The van der Waals surface area contributed by atoms with Gasteiger partial charge in [-0.25, -0.2) is 4.79 Å². The number of nitrogens with two attached hydrogens (primary N) is 1. The van der Waals surface area contributed by atoms with Gasteiger partial charge >= 0.3 is 12.0 Å². The van der Waals surface area contributed by atoms with E-state index in [0.717, 1.165) is 5.56 Å². The van der Waals surface area contributed by atoms with Crippen molar-refractivity contribution < 1.29 is 29.4 Å². The summed E-state index contributed by atoms with van der Waals surface area (Å²) >= 11 is 0. The van der Waals surface area contributed by atoms with Gasteiger partial charge in [0.15, 0.2) is 0 Å². The van der Waals surface area contributed by atoms with E-state index < -0.39 is 28.9 Å². The topological polar surface area (TPSA) is 171 Å². The van der Waals surface area contributed by atoms with Crippen LogP contribution in [0, 0.1) is 5.41 Å². The van der Waals surface area contributed by atoms with Gasteiger partial charge in [0.2, 0.25) is 5.91 Å². The van der Waals surface area contributed by atoms with Crippen molar-refractivity contribution in [2.45, 2.75) is 44.2 Å². The van der Waals surface area contributed by atoms with Crippen LogP contribution in [0.25, 0.3) is 0 Å². The first-order valence-corrected chi connectivity index (χ1v) is 9.76. The second-order valence-corrected chi connectivity index (χ2v) is 7.57. The van der Waals surface area contributed by atoms with Crippen LogP contribution < -0.4 is 21.7 Å². The molecule has 1 aliphatic rings. The monoisotopic (exact) mass is 420 g/mol. The first kappa shape index (κ1) is 23.1. The van der Waals surface area contributed by atoms with Crippen molar-refractivity contribution in [2.24, 2.45) is 11.1 Å². The van der Waals surface area contributed by atoms with Gasteiger partial charge in [0.25, 0.3) is 0 Å². The van der Waals surface area contributed by atoms with Gasteiger partial charge in [-0.15, -0.1) is 0 Å². The molecule has 0 heterocycles. The third kappa shape index (κ3) is 5.47. The lowest BCUT2D eigenvalue weighted by Gasteiger charge is -2.39. The number of carboxylic acid groups (broad SMARTS) is 1. The summed E-state index contributed by atoms with van der Waals surface area (Å²) in [5, 5.41) is 26.8. The maximum Gasteiger partial charge on any atom is 0.319 e. The maximum absolute atomic E-state index is 12.8. The van der Waals surface area contributed by atoms with Crippen molar-refractivity contribution in [1.29, 1.82) is 0 Å². The van der Waals surface area contributed by atoms with Crippen molar-refractivity contribution in [3.8, 4) is 0 Å². The standard InChI is InChI=1S/C20H28N4O6/c21-18(30)22-10-2-7-19(13-26,12-23-15-5-3-14(11-25)4-6-15)24-16(27)20(17(28)29)8-1-9-20/h3-6,13,23,25H,1-2,7-12H2,(H,24,27)(H,28,29)(H3,21,22,30)/t19-/m1/s1. The Morgan fingerprint density at radius 3 is 2.33 bits per heavy atom. The van der Waals surface area contributed by atoms with Gasteiger partial charge in [0.1, 0.15) is 17.2 Å². The summed E-state index contributed by atoms with van der Waals surface area (Å²) in [4.78, 5) is 47.4. The highest BCUT2D eigenvalue weighted by Gasteiger charge is 2.53. The minimum absolute atomic E-state index is 0.0208. The molecule has 1 fully saturated rings. The number of hydrogen-bond donors (Lipinski definition) is 6. The lowest BCUT2D eigenvalue weighted by Crippen LogP contribution is -2.61. The number of rotatable bonds is 12. The molecule has 3 amide bonds. The Hall–Kier alpha value is -3.14. The number of hydrogen-bond acceptors (Lipinski definition) is 6. The van der Waals surface area contributed by atoms with Crippen molar-refractivity contribution >= 4 is 29.9 Å². The van der Waals surface area contributed by atoms with Crippen LogP contribution in [0.4, 0.5) is 10.5 Å². The van der Waals surface area contributed by atoms with Gasteiger partial charge in [-0.1, -0.05) is 18.6 Å². The van der Waals surface area contributed by atoms with Crippen LogP contribution in [0.2, 0.25) is 0 Å². The maximum atomic E-state index is 12.8. The molecule has 0 bridgehead atoms. The molecule has 1 atom stereocenters. The van der Waals surface area contributed by atoms with Crippen LogP contribution in [0.5, 0.6) is 0 Å². The first-order chi connectivity index (χ1) is 14.3. The van der Waals surface area contributed by atoms with Crippen molar-refractivity contribution in [3.05, 3.63) is 29.8 Å². The van der Waals surface area contributed by atoms with Crippen LogP contribution in [0.3, 0.4) is 0 Å². The van der Waals surface area contributed by atoms with E-state index >= 15 is 0 Å². The van der Waals surface area contributed by atoms with Crippen molar-refractivity contribution in [2.75, 3.05) is 18.4 Å². The summed E-state index contributed by atoms with van der Waals surface area (Å²) in [6, 6.07) is 6.18. The van der Waals surface area contributed by atoms with Gasteiger partial charge < -0.3 is 36.7 Å². The van der Waals surface area contributed by atoms with Gasteiger partial charge in [0, 0.05) is 18.8 Å². The Balaban J connectivity index is 2.14. The summed E-state index contributed by atoms with van der Waals surface area (Å²) in [7, 11) is 0. The van der Waals surface area contributed by atoms with Crippen LogP contribution in [-0.4, -0.2) is 53.0 Å². The molecule has 0 unspecified atom stereocenters. The number of aliphatic hydroxyl groups is 1. The highest BCUT2D eigenvalue weighted by Crippen LogP contribution is 2.41. The SMILES string of the molecule is NC(=O)NCCC[C@](C=O)(CNc1ccc(CO)cc1)NC(=O)C1(C(=O)O)CCC1. The van der Waals surface area contributed by atoms with E-state index in [9.17, 15) is 24.3 Å². The lowest BCUT2D eigenvalue weighted by molar-refractivity contribution is -0.163. The number of amides is 3. The molecule has 1 aromatic carbocycles. The fraction of sp³-hybridized carbons (Fsp3) is 0.500. The Morgan fingerprint density at radius 2 is 1.87 bits per heavy atom. The molecule has 10 nitrogen and oxygen atoms in total. The number of aliphatic carboxylic acids is 1.